The third-order valence-electron chi connectivity index (χ3n) is 2.44. The van der Waals surface area contributed by atoms with Crippen LogP contribution >= 0.6 is 0 Å². The second-order valence-corrected chi connectivity index (χ2v) is 3.46. The van der Waals surface area contributed by atoms with Crippen molar-refractivity contribution < 1.29 is 14.6 Å². The highest BCUT2D eigenvalue weighted by Gasteiger charge is 2.19. The predicted octanol–water partition coefficient (Wildman–Crippen LogP) is 1.84. The Hall–Kier alpha value is -0.800. The van der Waals surface area contributed by atoms with E-state index in [2.05, 4.69) is 13.8 Å². The normalized spacial score (nSPS) is 24.4. The molecule has 1 N–H and O–H groups in total. The minimum Gasteiger partial charge on any atom is -0.469 e. The van der Waals surface area contributed by atoms with E-state index in [9.17, 15) is 0 Å². The Morgan fingerprint density at radius 1 is 1.50 bits per heavy atom. The van der Waals surface area contributed by atoms with Gasteiger partial charge < -0.3 is 14.6 Å². The van der Waals surface area contributed by atoms with E-state index in [-0.39, 0.29) is 19.0 Å². The maximum absolute atomic E-state index is 9.14. The summed E-state index contributed by atoms with van der Waals surface area (Å²) in [7, 11) is 0. The zero-order valence-electron chi connectivity index (χ0n) is 8.72. The molecule has 0 bridgehead atoms. The Bertz CT molecular complexity index is 211. The molecule has 1 rings (SSSR count). The lowest BCUT2D eigenvalue weighted by atomic mass is 10.0. The molecular formula is C11H18O3. The van der Waals surface area contributed by atoms with Crippen LogP contribution in [-0.2, 0) is 9.47 Å². The van der Waals surface area contributed by atoms with Gasteiger partial charge in [0.15, 0.2) is 0 Å². The molecule has 1 aliphatic rings. The van der Waals surface area contributed by atoms with Gasteiger partial charge in [0, 0.05) is 0 Å². The van der Waals surface area contributed by atoms with Gasteiger partial charge in [0.1, 0.15) is 0 Å². The first kappa shape index (κ1) is 11.3. The lowest BCUT2D eigenvalue weighted by Crippen LogP contribution is -2.31. The van der Waals surface area contributed by atoms with Gasteiger partial charge in [-0.15, -0.1) is 0 Å². The minimum atomic E-state index is -0.355. The van der Waals surface area contributed by atoms with Crippen LogP contribution in [-0.4, -0.2) is 24.1 Å². The number of aliphatic hydroxyl groups excluding tert-OH is 1. The maximum Gasteiger partial charge on any atom is 0.219 e. The summed E-state index contributed by atoms with van der Waals surface area (Å²) in [5.41, 5.74) is 0. The predicted molar refractivity (Wildman–Crippen MR) is 54.6 cm³/mol. The van der Waals surface area contributed by atoms with E-state index in [1.807, 2.05) is 12.2 Å². The number of hydrogen-bond donors (Lipinski definition) is 1. The fourth-order valence-corrected chi connectivity index (χ4v) is 1.24. The van der Waals surface area contributed by atoms with Gasteiger partial charge in [-0.25, -0.2) is 0 Å². The van der Waals surface area contributed by atoms with Gasteiger partial charge in [0.25, 0.3) is 0 Å². The molecule has 0 radical (unpaired) electrons. The summed E-state index contributed by atoms with van der Waals surface area (Å²) in [6.07, 6.45) is 7.57. The molecule has 1 unspecified atom stereocenters. The zero-order valence-corrected chi connectivity index (χ0v) is 8.72. The average Bonchev–Trinajstić information content (AvgIpc) is 2.26. The Morgan fingerprint density at radius 2 is 2.29 bits per heavy atom. The summed E-state index contributed by atoms with van der Waals surface area (Å²) < 4.78 is 10.8. The van der Waals surface area contributed by atoms with Crippen LogP contribution in [0.25, 0.3) is 0 Å². The van der Waals surface area contributed by atoms with Crippen molar-refractivity contribution in [3.05, 3.63) is 24.5 Å². The van der Waals surface area contributed by atoms with Crippen molar-refractivity contribution in [2.45, 2.75) is 32.7 Å². The molecule has 0 aromatic rings. The molecule has 0 fully saturated rings. The number of hydrogen-bond acceptors (Lipinski definition) is 3. The molecule has 0 saturated carbocycles. The first-order valence-corrected chi connectivity index (χ1v) is 5.03. The molecule has 0 aromatic heterocycles. The van der Waals surface area contributed by atoms with Crippen LogP contribution < -0.4 is 0 Å². The highest BCUT2D eigenvalue weighted by atomic mass is 16.7. The van der Waals surface area contributed by atoms with E-state index in [1.165, 1.54) is 0 Å². The molecule has 14 heavy (non-hydrogen) atoms. The van der Waals surface area contributed by atoms with Crippen LogP contribution in [0.5, 0.6) is 0 Å². The maximum atomic E-state index is 9.14. The van der Waals surface area contributed by atoms with Crippen molar-refractivity contribution in [1.82, 2.24) is 0 Å². The molecule has 0 aliphatic carbocycles. The molecule has 3 heteroatoms. The van der Waals surface area contributed by atoms with Gasteiger partial charge in [0.05, 0.1) is 19.0 Å². The summed E-state index contributed by atoms with van der Waals surface area (Å²) in [5, 5.41) is 9.14. The van der Waals surface area contributed by atoms with Crippen molar-refractivity contribution in [3.63, 3.8) is 0 Å². The molecule has 3 atom stereocenters. The summed E-state index contributed by atoms with van der Waals surface area (Å²) in [6, 6.07) is 0. The van der Waals surface area contributed by atoms with E-state index in [4.69, 9.17) is 14.6 Å². The van der Waals surface area contributed by atoms with E-state index in [0.717, 1.165) is 6.42 Å². The topological polar surface area (TPSA) is 38.7 Å². The fraction of sp³-hybridized carbons (Fsp3) is 0.636. The zero-order chi connectivity index (χ0) is 10.4. The second kappa shape index (κ2) is 5.83. The Balaban J connectivity index is 2.40. The quantitative estimate of drug-likeness (QED) is 0.732. The van der Waals surface area contributed by atoms with Crippen molar-refractivity contribution >= 4 is 0 Å². The molecule has 1 aliphatic heterocycles. The smallest absolute Gasteiger partial charge is 0.219 e. The summed E-state index contributed by atoms with van der Waals surface area (Å²) in [5.74, 6) is 0.336. The van der Waals surface area contributed by atoms with Crippen molar-refractivity contribution in [2.24, 2.45) is 5.92 Å². The lowest BCUT2D eigenvalue weighted by Gasteiger charge is -2.25. The summed E-state index contributed by atoms with van der Waals surface area (Å²) in [4.78, 5) is 0. The van der Waals surface area contributed by atoms with Crippen LogP contribution in [0.15, 0.2) is 24.5 Å². The van der Waals surface area contributed by atoms with E-state index < -0.39 is 0 Å². The van der Waals surface area contributed by atoms with Crippen molar-refractivity contribution in [1.29, 1.82) is 0 Å². The molecule has 0 aromatic carbocycles. The number of allylic oxidation sites excluding steroid dienone is 2. The van der Waals surface area contributed by atoms with Crippen LogP contribution in [0.3, 0.4) is 0 Å². The van der Waals surface area contributed by atoms with Crippen molar-refractivity contribution in [2.75, 3.05) is 6.61 Å². The Kier molecular flexibility index (Phi) is 4.70. The van der Waals surface area contributed by atoms with Gasteiger partial charge in [-0.3, -0.25) is 0 Å². The van der Waals surface area contributed by atoms with Gasteiger partial charge in [-0.1, -0.05) is 26.3 Å². The third-order valence-corrected chi connectivity index (χ3v) is 2.44. The molecule has 0 saturated heterocycles. The second-order valence-electron chi connectivity index (χ2n) is 3.46. The third kappa shape index (κ3) is 3.16. The number of rotatable bonds is 5. The highest BCUT2D eigenvalue weighted by molar-refractivity contribution is 5.05. The van der Waals surface area contributed by atoms with Gasteiger partial charge >= 0.3 is 0 Å². The standard InChI is InChI=1S/C11H18O3/c1-3-9(2)10(8-12)14-11-6-4-5-7-13-11/h4-7,9-12H,3,8H2,1-2H3/t9-,10?,11-/m0/s1. The summed E-state index contributed by atoms with van der Waals surface area (Å²) in [6.45, 7) is 4.17. The molecule has 0 spiro atoms. The SMILES string of the molecule is CC[C@H](C)C(CO)O[C@H]1C=CC=CO1. The van der Waals surface area contributed by atoms with E-state index >= 15 is 0 Å². The highest BCUT2D eigenvalue weighted by Crippen LogP contribution is 2.15. The van der Waals surface area contributed by atoms with Gasteiger partial charge in [-0.2, -0.15) is 0 Å². The van der Waals surface area contributed by atoms with Crippen LogP contribution in [0.4, 0.5) is 0 Å². The molecule has 1 heterocycles. The Labute approximate surface area is 85.0 Å². The number of ether oxygens (including phenoxy) is 2. The van der Waals surface area contributed by atoms with Gasteiger partial charge in [-0.05, 0) is 18.1 Å². The fourth-order valence-electron chi connectivity index (χ4n) is 1.24. The average molecular weight is 198 g/mol. The van der Waals surface area contributed by atoms with Crippen molar-refractivity contribution in [3.8, 4) is 0 Å². The molecule has 80 valence electrons. The first-order chi connectivity index (χ1) is 6.77. The lowest BCUT2D eigenvalue weighted by molar-refractivity contribution is -0.140. The molecule has 3 nitrogen and oxygen atoms in total. The van der Waals surface area contributed by atoms with Gasteiger partial charge in [0.2, 0.25) is 6.29 Å². The van der Waals surface area contributed by atoms with E-state index in [0.29, 0.717) is 5.92 Å². The number of aliphatic hydroxyl groups is 1. The van der Waals surface area contributed by atoms with E-state index in [1.54, 1.807) is 12.3 Å². The van der Waals surface area contributed by atoms with Crippen LogP contribution in [0, 0.1) is 5.92 Å². The van der Waals surface area contributed by atoms with Crippen LogP contribution in [0.2, 0.25) is 0 Å². The first-order valence-electron chi connectivity index (χ1n) is 5.03. The largest absolute Gasteiger partial charge is 0.469 e. The minimum absolute atomic E-state index is 0.0341. The molecular weight excluding hydrogens is 180 g/mol. The summed E-state index contributed by atoms with van der Waals surface area (Å²) >= 11 is 0. The molecule has 0 amide bonds. The van der Waals surface area contributed by atoms with Crippen LogP contribution in [0.1, 0.15) is 20.3 Å². The Morgan fingerprint density at radius 3 is 2.79 bits per heavy atom. The monoisotopic (exact) mass is 198 g/mol.